The molecule has 0 bridgehead atoms. The molecule has 2 aliphatic rings. The van der Waals surface area contributed by atoms with Crippen molar-refractivity contribution in [2.24, 2.45) is 15.7 Å². The molecule has 2 aromatic rings. The van der Waals surface area contributed by atoms with Gasteiger partial charge in [0.25, 0.3) is 0 Å². The number of carbonyl (C=O) groups excluding carboxylic acids is 1. The molecule has 1 saturated heterocycles. The summed E-state index contributed by atoms with van der Waals surface area (Å²) in [6, 6.07) is 15.9. The molecule has 198 valence electrons. The van der Waals surface area contributed by atoms with Gasteiger partial charge in [-0.15, -0.1) is 0 Å². The maximum atomic E-state index is 11.8. The Labute approximate surface area is 224 Å². The summed E-state index contributed by atoms with van der Waals surface area (Å²) in [6.45, 7) is 11.8. The first kappa shape index (κ1) is 28.5. The SMILES string of the molecule is C=CC(=O)Nc1cccc(C2=CC=C/C(=C/N=C)C2=Nc2ccc(N3CCN(CCO)CC3)cc2)c1.CN. The number of nitrogens with zero attached hydrogens (tertiary/aromatic N) is 4. The molecule has 1 amide bonds. The molecule has 0 saturated carbocycles. The third kappa shape index (κ3) is 7.45. The summed E-state index contributed by atoms with van der Waals surface area (Å²) in [5.41, 5.74) is 10.7. The number of β-amino-alcohol motifs (C(OH)–C–C–N with tert-alkyl or cyclic N) is 1. The van der Waals surface area contributed by atoms with Crippen LogP contribution in [0.1, 0.15) is 5.56 Å². The lowest BCUT2D eigenvalue weighted by Crippen LogP contribution is -2.47. The van der Waals surface area contributed by atoms with E-state index >= 15 is 0 Å². The number of aliphatic hydroxyl groups is 1. The predicted octanol–water partition coefficient (Wildman–Crippen LogP) is 3.81. The van der Waals surface area contributed by atoms with Gasteiger partial charge in [0.2, 0.25) is 5.91 Å². The number of aliphatic imine (C=N–C) groups is 2. The lowest BCUT2D eigenvalue weighted by Gasteiger charge is -2.35. The second-order valence-corrected chi connectivity index (χ2v) is 8.51. The Balaban J connectivity index is 0.00000195. The van der Waals surface area contributed by atoms with Gasteiger partial charge in [0.15, 0.2) is 0 Å². The molecule has 1 aliphatic carbocycles. The van der Waals surface area contributed by atoms with Crippen molar-refractivity contribution in [2.45, 2.75) is 0 Å². The average molecular weight is 513 g/mol. The number of nitrogens with two attached hydrogens (primary N) is 1. The van der Waals surface area contributed by atoms with Gasteiger partial charge in [-0.1, -0.05) is 36.9 Å². The summed E-state index contributed by atoms with van der Waals surface area (Å²) in [5, 5.41) is 12.0. The fourth-order valence-corrected chi connectivity index (χ4v) is 4.32. The van der Waals surface area contributed by atoms with Crippen molar-refractivity contribution in [3.8, 4) is 0 Å². The van der Waals surface area contributed by atoms with Crippen molar-refractivity contribution in [1.29, 1.82) is 0 Å². The molecule has 0 spiro atoms. The van der Waals surface area contributed by atoms with Crippen LogP contribution in [0.3, 0.4) is 0 Å². The van der Waals surface area contributed by atoms with Crippen LogP contribution >= 0.6 is 0 Å². The van der Waals surface area contributed by atoms with Crippen LogP contribution in [0, 0.1) is 0 Å². The van der Waals surface area contributed by atoms with Crippen molar-refractivity contribution < 1.29 is 9.90 Å². The number of anilines is 2. The molecule has 0 radical (unpaired) electrons. The quantitative estimate of drug-likeness (QED) is 0.368. The predicted molar refractivity (Wildman–Crippen MR) is 159 cm³/mol. The number of aliphatic hydroxyl groups excluding tert-OH is 1. The molecule has 1 fully saturated rings. The second kappa shape index (κ2) is 14.6. The van der Waals surface area contributed by atoms with Crippen LogP contribution in [-0.2, 0) is 4.79 Å². The van der Waals surface area contributed by atoms with Gasteiger partial charge < -0.3 is 21.1 Å². The number of benzene rings is 2. The Kier molecular flexibility index (Phi) is 10.9. The number of allylic oxidation sites excluding steroid dienone is 5. The van der Waals surface area contributed by atoms with E-state index in [9.17, 15) is 4.79 Å². The average Bonchev–Trinajstić information content (AvgIpc) is 2.96. The van der Waals surface area contributed by atoms with Gasteiger partial charge in [-0.25, -0.2) is 4.99 Å². The lowest BCUT2D eigenvalue weighted by atomic mass is 9.91. The molecular weight excluding hydrogens is 476 g/mol. The first-order valence-corrected chi connectivity index (χ1v) is 12.5. The van der Waals surface area contributed by atoms with Crippen LogP contribution in [0.15, 0.2) is 101 Å². The van der Waals surface area contributed by atoms with Crippen molar-refractivity contribution in [3.63, 3.8) is 0 Å². The Bertz CT molecular complexity index is 1240. The largest absolute Gasteiger partial charge is 0.395 e. The number of nitrogens with one attached hydrogen (secondary N) is 1. The minimum absolute atomic E-state index is 0.201. The Morgan fingerprint density at radius 2 is 1.87 bits per heavy atom. The van der Waals surface area contributed by atoms with Crippen LogP contribution in [0.4, 0.5) is 17.1 Å². The number of rotatable bonds is 8. The smallest absolute Gasteiger partial charge is 0.247 e. The van der Waals surface area contributed by atoms with Crippen molar-refractivity contribution in [3.05, 3.63) is 96.8 Å². The monoisotopic (exact) mass is 512 g/mol. The van der Waals surface area contributed by atoms with Gasteiger partial charge in [0.05, 0.1) is 18.0 Å². The van der Waals surface area contributed by atoms with E-state index in [0.717, 1.165) is 66.5 Å². The lowest BCUT2D eigenvalue weighted by molar-refractivity contribution is -0.111. The van der Waals surface area contributed by atoms with E-state index in [0.29, 0.717) is 5.69 Å². The Morgan fingerprint density at radius 3 is 2.53 bits per heavy atom. The van der Waals surface area contributed by atoms with E-state index in [1.54, 1.807) is 6.20 Å². The van der Waals surface area contributed by atoms with Crippen LogP contribution in [0.25, 0.3) is 5.57 Å². The first-order chi connectivity index (χ1) is 18.6. The van der Waals surface area contributed by atoms with Gasteiger partial charge in [0.1, 0.15) is 0 Å². The second-order valence-electron chi connectivity index (χ2n) is 8.51. The molecule has 4 rings (SSSR count). The molecule has 8 heteroatoms. The highest BCUT2D eigenvalue weighted by Crippen LogP contribution is 2.30. The van der Waals surface area contributed by atoms with Gasteiger partial charge >= 0.3 is 0 Å². The summed E-state index contributed by atoms with van der Waals surface area (Å²) >= 11 is 0. The molecule has 4 N–H and O–H groups in total. The van der Waals surface area contributed by atoms with E-state index in [4.69, 9.17) is 10.1 Å². The highest BCUT2D eigenvalue weighted by Gasteiger charge is 2.18. The van der Waals surface area contributed by atoms with Crippen LogP contribution < -0.4 is 16.0 Å². The number of hydrogen-bond acceptors (Lipinski definition) is 7. The van der Waals surface area contributed by atoms with E-state index in [1.165, 1.54) is 13.1 Å². The molecule has 2 aromatic carbocycles. The molecule has 0 aromatic heterocycles. The zero-order valence-electron chi connectivity index (χ0n) is 21.9. The number of amides is 1. The normalized spacial score (nSPS) is 17.4. The fraction of sp³-hybridized carbons (Fsp3) is 0.233. The van der Waals surface area contributed by atoms with Crippen molar-refractivity contribution in [1.82, 2.24) is 4.90 Å². The van der Waals surface area contributed by atoms with E-state index in [2.05, 4.69) is 51.3 Å². The highest BCUT2D eigenvalue weighted by atomic mass is 16.3. The van der Waals surface area contributed by atoms with Crippen LogP contribution in [0.2, 0.25) is 0 Å². The summed E-state index contributed by atoms with van der Waals surface area (Å²) in [6.07, 6.45) is 8.87. The summed E-state index contributed by atoms with van der Waals surface area (Å²) in [7, 11) is 1.50. The number of carbonyl (C=O) groups is 1. The van der Waals surface area contributed by atoms with Crippen LogP contribution in [-0.4, -0.2) is 74.7 Å². The maximum absolute atomic E-state index is 11.8. The zero-order chi connectivity index (χ0) is 27.3. The zero-order valence-corrected chi connectivity index (χ0v) is 21.9. The Morgan fingerprint density at radius 1 is 1.13 bits per heavy atom. The molecular formula is C30H36N6O2. The molecule has 0 unspecified atom stereocenters. The standard InChI is InChI=1S/C29H31N5O2.CH5N/c1-3-28(36)31-25-8-4-6-22(20-25)27-9-5-7-23(21-30-2)29(27)32-24-10-12-26(13-11-24)34-16-14-33(15-17-34)18-19-35;1-2/h3-13,20-21,35H,1-2,14-19H2,(H,31,36);2H2,1H3/b23-21-,32-29?;. The topological polar surface area (TPSA) is 107 Å². The third-order valence-electron chi connectivity index (χ3n) is 6.17. The molecule has 8 nitrogen and oxygen atoms in total. The van der Waals surface area contributed by atoms with E-state index < -0.39 is 0 Å². The minimum Gasteiger partial charge on any atom is -0.395 e. The third-order valence-corrected chi connectivity index (χ3v) is 6.17. The Hall–Kier alpha value is -4.11. The van der Waals surface area contributed by atoms with Gasteiger partial charge in [-0.2, -0.15) is 0 Å². The first-order valence-electron chi connectivity index (χ1n) is 12.5. The number of hydrogen-bond donors (Lipinski definition) is 3. The summed E-state index contributed by atoms with van der Waals surface area (Å²) < 4.78 is 0. The molecule has 1 heterocycles. The van der Waals surface area contributed by atoms with E-state index in [1.807, 2.05) is 54.6 Å². The van der Waals surface area contributed by atoms with Gasteiger partial charge in [0, 0.05) is 61.4 Å². The molecule has 38 heavy (non-hydrogen) atoms. The number of piperazine rings is 1. The summed E-state index contributed by atoms with van der Waals surface area (Å²) in [4.78, 5) is 25.4. The van der Waals surface area contributed by atoms with Crippen LogP contribution in [0.5, 0.6) is 0 Å². The summed E-state index contributed by atoms with van der Waals surface area (Å²) in [5.74, 6) is -0.259. The van der Waals surface area contributed by atoms with Crippen molar-refractivity contribution >= 4 is 41.0 Å². The van der Waals surface area contributed by atoms with E-state index in [-0.39, 0.29) is 12.5 Å². The molecule has 0 atom stereocenters. The van der Waals surface area contributed by atoms with Crippen molar-refractivity contribution in [2.75, 3.05) is 56.6 Å². The maximum Gasteiger partial charge on any atom is 0.247 e. The minimum atomic E-state index is -0.259. The fourth-order valence-electron chi connectivity index (χ4n) is 4.32. The molecule has 1 aliphatic heterocycles. The highest BCUT2D eigenvalue weighted by molar-refractivity contribution is 6.34. The van der Waals surface area contributed by atoms with Gasteiger partial charge in [-0.05, 0) is 61.8 Å². The van der Waals surface area contributed by atoms with Gasteiger partial charge in [-0.3, -0.25) is 14.7 Å².